The summed E-state index contributed by atoms with van der Waals surface area (Å²) in [5, 5.41) is 0. The zero-order chi connectivity index (χ0) is 12.8. The number of hydrogen-bond acceptors (Lipinski definition) is 4. The molecule has 0 radical (unpaired) electrons. The van der Waals surface area contributed by atoms with E-state index in [0.29, 0.717) is 0 Å². The second kappa shape index (κ2) is 6.71. The summed E-state index contributed by atoms with van der Waals surface area (Å²) in [6.07, 6.45) is 9.76. The van der Waals surface area contributed by atoms with E-state index in [-0.39, 0.29) is 6.04 Å². The molecule has 0 bridgehead atoms. The molecule has 1 heterocycles. The number of pyridine rings is 1. The normalized spacial score (nSPS) is 17.2. The topological polar surface area (TPSA) is 60.2 Å². The summed E-state index contributed by atoms with van der Waals surface area (Å²) in [5.74, 6) is 7.31. The van der Waals surface area contributed by atoms with E-state index in [1.807, 2.05) is 12.3 Å². The lowest BCUT2D eigenvalue weighted by atomic mass is 9.80. The molecule has 1 saturated carbocycles. The van der Waals surface area contributed by atoms with E-state index in [9.17, 15) is 0 Å². The van der Waals surface area contributed by atoms with Crippen molar-refractivity contribution in [1.82, 2.24) is 10.4 Å². The first-order valence-corrected chi connectivity index (χ1v) is 6.87. The van der Waals surface area contributed by atoms with Crippen molar-refractivity contribution in [1.29, 1.82) is 0 Å². The number of hydrazine groups is 1. The highest BCUT2D eigenvalue weighted by Gasteiger charge is 2.22. The van der Waals surface area contributed by atoms with E-state index in [1.165, 1.54) is 19.3 Å². The Morgan fingerprint density at radius 3 is 2.94 bits per heavy atom. The van der Waals surface area contributed by atoms with Crippen molar-refractivity contribution in [3.63, 3.8) is 0 Å². The van der Waals surface area contributed by atoms with Crippen molar-refractivity contribution in [3.05, 3.63) is 24.0 Å². The molecule has 1 aliphatic rings. The van der Waals surface area contributed by atoms with Crippen molar-refractivity contribution in [2.45, 2.75) is 45.1 Å². The summed E-state index contributed by atoms with van der Waals surface area (Å²) >= 11 is 0. The van der Waals surface area contributed by atoms with Gasteiger partial charge in [0.15, 0.2) is 0 Å². The van der Waals surface area contributed by atoms with Crippen LogP contribution in [0.4, 0.5) is 0 Å². The largest absolute Gasteiger partial charge is 0.492 e. The van der Waals surface area contributed by atoms with Gasteiger partial charge in [-0.1, -0.05) is 26.2 Å². The molecule has 0 amide bonds. The summed E-state index contributed by atoms with van der Waals surface area (Å²) in [5.41, 5.74) is 4.03. The van der Waals surface area contributed by atoms with Crippen LogP contribution >= 0.6 is 0 Å². The summed E-state index contributed by atoms with van der Waals surface area (Å²) in [7, 11) is 0. The molecule has 1 aromatic heterocycles. The summed E-state index contributed by atoms with van der Waals surface area (Å²) in [6.45, 7) is 2.83. The van der Waals surface area contributed by atoms with E-state index in [4.69, 9.17) is 10.6 Å². The van der Waals surface area contributed by atoms with Gasteiger partial charge in [-0.2, -0.15) is 0 Å². The molecule has 1 atom stereocenters. The van der Waals surface area contributed by atoms with Crippen LogP contribution in [-0.2, 0) is 0 Å². The molecule has 4 heteroatoms. The van der Waals surface area contributed by atoms with Crippen LogP contribution in [0.1, 0.15) is 50.6 Å². The van der Waals surface area contributed by atoms with Gasteiger partial charge in [0.1, 0.15) is 5.75 Å². The van der Waals surface area contributed by atoms with Gasteiger partial charge in [0.2, 0.25) is 0 Å². The Bertz CT molecular complexity index is 366. The second-order valence-electron chi connectivity index (χ2n) is 5.05. The number of rotatable bonds is 7. The molecule has 0 aromatic carbocycles. The molecule has 0 spiro atoms. The van der Waals surface area contributed by atoms with Gasteiger partial charge in [-0.25, -0.2) is 0 Å². The Kier molecular flexibility index (Phi) is 4.96. The molecule has 100 valence electrons. The smallest absolute Gasteiger partial charge is 0.137 e. The first-order valence-electron chi connectivity index (χ1n) is 6.87. The maximum Gasteiger partial charge on any atom is 0.137 e. The lowest BCUT2D eigenvalue weighted by molar-refractivity contribution is 0.261. The van der Waals surface area contributed by atoms with Crippen LogP contribution in [0, 0.1) is 5.92 Å². The third-order valence-corrected chi connectivity index (χ3v) is 3.60. The third kappa shape index (κ3) is 3.43. The van der Waals surface area contributed by atoms with Crippen LogP contribution in [0.25, 0.3) is 0 Å². The minimum atomic E-state index is 0.188. The minimum absolute atomic E-state index is 0.188. The lowest BCUT2D eigenvalue weighted by Gasteiger charge is -2.29. The van der Waals surface area contributed by atoms with E-state index in [0.717, 1.165) is 36.7 Å². The highest BCUT2D eigenvalue weighted by atomic mass is 16.5. The average molecular weight is 249 g/mol. The highest BCUT2D eigenvalue weighted by Crippen LogP contribution is 2.34. The summed E-state index contributed by atoms with van der Waals surface area (Å²) in [4.78, 5) is 4.24. The summed E-state index contributed by atoms with van der Waals surface area (Å²) in [6, 6.07) is 2.24. The van der Waals surface area contributed by atoms with E-state index >= 15 is 0 Å². The molecule has 3 N–H and O–H groups in total. The lowest BCUT2D eigenvalue weighted by Crippen LogP contribution is -2.31. The Morgan fingerprint density at radius 2 is 2.33 bits per heavy atom. The fourth-order valence-corrected chi connectivity index (χ4v) is 2.29. The first-order chi connectivity index (χ1) is 8.83. The van der Waals surface area contributed by atoms with Crippen molar-refractivity contribution < 1.29 is 4.74 Å². The molecule has 1 fully saturated rings. The minimum Gasteiger partial charge on any atom is -0.492 e. The van der Waals surface area contributed by atoms with Crippen LogP contribution in [0.5, 0.6) is 5.75 Å². The van der Waals surface area contributed by atoms with Crippen LogP contribution < -0.4 is 16.0 Å². The van der Waals surface area contributed by atoms with Gasteiger partial charge >= 0.3 is 0 Å². The predicted molar refractivity (Wildman–Crippen MR) is 72.0 cm³/mol. The maximum atomic E-state index is 5.66. The van der Waals surface area contributed by atoms with Gasteiger partial charge in [0.25, 0.3) is 0 Å². The van der Waals surface area contributed by atoms with Crippen LogP contribution in [0.3, 0.4) is 0 Å². The SMILES string of the molecule is CCCOc1cncc(C(CC2CCC2)NN)c1. The number of nitrogens with two attached hydrogens (primary N) is 1. The Labute approximate surface area is 109 Å². The average Bonchev–Trinajstić information content (AvgIpc) is 2.36. The molecule has 1 aromatic rings. The standard InChI is InChI=1S/C14H23N3O/c1-2-6-18-13-8-12(9-16-10-13)14(17-15)7-11-4-3-5-11/h8-11,14,17H,2-7,15H2,1H3. The van der Waals surface area contributed by atoms with Gasteiger partial charge in [-0.05, 0) is 30.4 Å². The quantitative estimate of drug-likeness (QED) is 0.576. The van der Waals surface area contributed by atoms with Crippen molar-refractivity contribution in [2.24, 2.45) is 11.8 Å². The Hall–Kier alpha value is -1.13. The van der Waals surface area contributed by atoms with Crippen LogP contribution in [0.15, 0.2) is 18.5 Å². The second-order valence-corrected chi connectivity index (χ2v) is 5.05. The number of nitrogens with one attached hydrogen (secondary N) is 1. The fraction of sp³-hybridized carbons (Fsp3) is 0.643. The van der Waals surface area contributed by atoms with Crippen molar-refractivity contribution in [2.75, 3.05) is 6.61 Å². The molecule has 18 heavy (non-hydrogen) atoms. The Morgan fingerprint density at radius 1 is 1.50 bits per heavy atom. The number of aromatic nitrogens is 1. The molecule has 0 aliphatic heterocycles. The molecule has 1 unspecified atom stereocenters. The number of hydrogen-bond donors (Lipinski definition) is 2. The van der Waals surface area contributed by atoms with Gasteiger partial charge in [0, 0.05) is 12.2 Å². The molecule has 1 aliphatic carbocycles. The maximum absolute atomic E-state index is 5.66. The Balaban J connectivity index is 1.99. The molecule has 2 rings (SSSR count). The number of ether oxygens (including phenoxy) is 1. The van der Waals surface area contributed by atoms with Crippen molar-refractivity contribution >= 4 is 0 Å². The predicted octanol–water partition coefficient (Wildman–Crippen LogP) is 2.57. The van der Waals surface area contributed by atoms with Crippen LogP contribution in [0.2, 0.25) is 0 Å². The van der Waals surface area contributed by atoms with Gasteiger partial charge in [0.05, 0.1) is 12.8 Å². The third-order valence-electron chi connectivity index (χ3n) is 3.60. The van der Waals surface area contributed by atoms with Gasteiger partial charge in [-0.3, -0.25) is 16.3 Å². The highest BCUT2D eigenvalue weighted by molar-refractivity contribution is 5.26. The van der Waals surface area contributed by atoms with E-state index in [1.54, 1.807) is 6.20 Å². The molecule has 0 saturated heterocycles. The van der Waals surface area contributed by atoms with E-state index < -0.39 is 0 Å². The van der Waals surface area contributed by atoms with Crippen LogP contribution in [-0.4, -0.2) is 11.6 Å². The summed E-state index contributed by atoms with van der Waals surface area (Å²) < 4.78 is 5.60. The molecule has 4 nitrogen and oxygen atoms in total. The monoisotopic (exact) mass is 249 g/mol. The van der Waals surface area contributed by atoms with Gasteiger partial charge < -0.3 is 4.74 Å². The molecular formula is C14H23N3O. The zero-order valence-electron chi connectivity index (χ0n) is 11.1. The first kappa shape index (κ1) is 13.3. The molecular weight excluding hydrogens is 226 g/mol. The fourth-order valence-electron chi connectivity index (χ4n) is 2.29. The number of nitrogens with zero attached hydrogens (tertiary/aromatic N) is 1. The zero-order valence-corrected chi connectivity index (χ0v) is 11.1. The van der Waals surface area contributed by atoms with Gasteiger partial charge in [-0.15, -0.1) is 0 Å². The van der Waals surface area contributed by atoms with Crippen molar-refractivity contribution in [3.8, 4) is 5.75 Å². The van der Waals surface area contributed by atoms with E-state index in [2.05, 4.69) is 17.3 Å².